The highest BCUT2D eigenvalue weighted by atomic mass is 16.1. The smallest absolute Gasteiger partial charge is 0.173 e. The molecule has 88 valence electrons. The van der Waals surface area contributed by atoms with Crippen molar-refractivity contribution in [1.82, 2.24) is 0 Å². The summed E-state index contributed by atoms with van der Waals surface area (Å²) in [5.41, 5.74) is 0.442. The number of ketones is 1. The first-order valence-corrected chi connectivity index (χ1v) is 6.11. The van der Waals surface area contributed by atoms with Gasteiger partial charge in [-0.2, -0.15) is 0 Å². The molecule has 1 aliphatic rings. The third kappa shape index (κ3) is 2.10. The minimum atomic E-state index is -0.365. The van der Waals surface area contributed by atoms with Crippen LogP contribution in [0.5, 0.6) is 0 Å². The molecule has 2 rings (SSSR count). The summed E-state index contributed by atoms with van der Waals surface area (Å²) in [6, 6.07) is 9.58. The van der Waals surface area contributed by atoms with Crippen LogP contribution in [-0.2, 0) is 0 Å². The Bertz CT molecular complexity index is 454. The molecule has 17 heavy (non-hydrogen) atoms. The molecule has 0 N–H and O–H groups in total. The molecule has 1 aromatic carbocycles. The predicted octanol–water partition coefficient (Wildman–Crippen LogP) is 4.03. The molecule has 0 saturated heterocycles. The highest BCUT2D eigenvalue weighted by Crippen LogP contribution is 2.39. The summed E-state index contributed by atoms with van der Waals surface area (Å²) in [6.07, 6.45) is 8.95. The van der Waals surface area contributed by atoms with Crippen LogP contribution >= 0.6 is 0 Å². The maximum absolute atomic E-state index is 12.7. The van der Waals surface area contributed by atoms with Crippen molar-refractivity contribution < 1.29 is 4.79 Å². The van der Waals surface area contributed by atoms with E-state index >= 15 is 0 Å². The lowest BCUT2D eigenvalue weighted by molar-refractivity contribution is 0.0792. The van der Waals surface area contributed by atoms with Crippen molar-refractivity contribution in [3.05, 3.63) is 60.2 Å². The molecule has 0 fully saturated rings. The minimum absolute atomic E-state index is 0.230. The van der Waals surface area contributed by atoms with Crippen molar-refractivity contribution in [3.63, 3.8) is 0 Å². The molecule has 0 radical (unpaired) electrons. The fourth-order valence-corrected chi connectivity index (χ4v) is 2.35. The normalized spacial score (nSPS) is 23.0. The van der Waals surface area contributed by atoms with Gasteiger partial charge in [0.05, 0.1) is 5.41 Å². The SMILES string of the molecule is CC(C)C1(C(=O)c2ccccc2)C=CC=CC1. The topological polar surface area (TPSA) is 17.1 Å². The highest BCUT2D eigenvalue weighted by Gasteiger charge is 2.38. The van der Waals surface area contributed by atoms with Gasteiger partial charge in [-0.15, -0.1) is 0 Å². The van der Waals surface area contributed by atoms with E-state index < -0.39 is 0 Å². The zero-order chi connectivity index (χ0) is 12.3. The zero-order valence-electron chi connectivity index (χ0n) is 10.4. The molecule has 1 heteroatoms. The third-order valence-corrected chi connectivity index (χ3v) is 3.59. The summed E-state index contributed by atoms with van der Waals surface area (Å²) in [7, 11) is 0. The second kappa shape index (κ2) is 4.70. The van der Waals surface area contributed by atoms with Crippen LogP contribution in [0.25, 0.3) is 0 Å². The van der Waals surface area contributed by atoms with Crippen LogP contribution in [0.4, 0.5) is 0 Å². The van der Waals surface area contributed by atoms with Gasteiger partial charge < -0.3 is 0 Å². The lowest BCUT2D eigenvalue weighted by Gasteiger charge is -2.33. The Morgan fingerprint density at radius 3 is 2.41 bits per heavy atom. The Hall–Kier alpha value is -1.63. The molecule has 0 bridgehead atoms. The van der Waals surface area contributed by atoms with Crippen molar-refractivity contribution in [2.45, 2.75) is 20.3 Å². The van der Waals surface area contributed by atoms with E-state index in [0.717, 1.165) is 12.0 Å². The van der Waals surface area contributed by atoms with Gasteiger partial charge in [0.25, 0.3) is 0 Å². The average molecular weight is 226 g/mol. The zero-order valence-corrected chi connectivity index (χ0v) is 10.4. The van der Waals surface area contributed by atoms with Crippen LogP contribution in [0.15, 0.2) is 54.6 Å². The largest absolute Gasteiger partial charge is 0.293 e. The number of allylic oxidation sites excluding steroid dienone is 4. The van der Waals surface area contributed by atoms with Gasteiger partial charge in [0.15, 0.2) is 5.78 Å². The molecule has 1 aromatic rings. The Balaban J connectivity index is 2.39. The molecule has 1 aliphatic carbocycles. The number of carbonyl (C=O) groups is 1. The number of rotatable bonds is 3. The Kier molecular flexibility index (Phi) is 3.28. The van der Waals surface area contributed by atoms with Crippen LogP contribution < -0.4 is 0 Å². The summed E-state index contributed by atoms with van der Waals surface area (Å²) >= 11 is 0. The van der Waals surface area contributed by atoms with E-state index in [-0.39, 0.29) is 11.2 Å². The second-order valence-corrected chi connectivity index (χ2v) is 4.88. The quantitative estimate of drug-likeness (QED) is 0.711. The van der Waals surface area contributed by atoms with E-state index in [9.17, 15) is 4.79 Å². The Labute approximate surface area is 103 Å². The summed E-state index contributed by atoms with van der Waals surface area (Å²) in [4.78, 5) is 12.7. The summed E-state index contributed by atoms with van der Waals surface area (Å²) in [5, 5.41) is 0. The second-order valence-electron chi connectivity index (χ2n) is 4.88. The first kappa shape index (κ1) is 11.8. The number of hydrogen-bond acceptors (Lipinski definition) is 1. The van der Waals surface area contributed by atoms with Crippen LogP contribution in [0.2, 0.25) is 0 Å². The molecule has 0 heterocycles. The van der Waals surface area contributed by atoms with Crippen molar-refractivity contribution in [1.29, 1.82) is 0 Å². The van der Waals surface area contributed by atoms with Crippen LogP contribution in [-0.4, -0.2) is 5.78 Å². The summed E-state index contributed by atoms with van der Waals surface area (Å²) < 4.78 is 0. The van der Waals surface area contributed by atoms with Crippen LogP contribution in [0.1, 0.15) is 30.6 Å². The maximum Gasteiger partial charge on any atom is 0.173 e. The van der Waals surface area contributed by atoms with E-state index in [4.69, 9.17) is 0 Å². The van der Waals surface area contributed by atoms with Gasteiger partial charge in [-0.05, 0) is 12.3 Å². The summed E-state index contributed by atoms with van der Waals surface area (Å²) in [6.45, 7) is 4.23. The molecule has 0 aromatic heterocycles. The van der Waals surface area contributed by atoms with Crippen LogP contribution in [0, 0.1) is 11.3 Å². The summed E-state index contributed by atoms with van der Waals surface area (Å²) in [5.74, 6) is 0.533. The molecule has 1 nitrogen and oxygen atoms in total. The van der Waals surface area contributed by atoms with Crippen molar-refractivity contribution >= 4 is 5.78 Å². The first-order valence-electron chi connectivity index (χ1n) is 6.11. The monoisotopic (exact) mass is 226 g/mol. The molecule has 0 saturated carbocycles. The molecule has 0 aliphatic heterocycles. The minimum Gasteiger partial charge on any atom is -0.293 e. The standard InChI is InChI=1S/C16H18O/c1-13(2)16(11-7-4-8-12-16)15(17)14-9-5-3-6-10-14/h3-11,13H,12H2,1-2H3. The number of carbonyl (C=O) groups excluding carboxylic acids is 1. The van der Waals surface area contributed by atoms with Crippen molar-refractivity contribution in [2.75, 3.05) is 0 Å². The van der Waals surface area contributed by atoms with E-state index in [0.29, 0.717) is 5.92 Å². The van der Waals surface area contributed by atoms with E-state index in [1.807, 2.05) is 42.5 Å². The van der Waals surface area contributed by atoms with Gasteiger partial charge >= 0.3 is 0 Å². The van der Waals surface area contributed by atoms with Crippen LogP contribution in [0.3, 0.4) is 0 Å². The molecular formula is C16H18O. The van der Waals surface area contributed by atoms with Gasteiger partial charge in [0, 0.05) is 5.56 Å². The highest BCUT2D eigenvalue weighted by molar-refractivity contribution is 6.02. The van der Waals surface area contributed by atoms with Gasteiger partial charge in [-0.25, -0.2) is 0 Å². The lowest BCUT2D eigenvalue weighted by atomic mass is 9.68. The van der Waals surface area contributed by atoms with Gasteiger partial charge in [-0.1, -0.05) is 68.5 Å². The molecular weight excluding hydrogens is 208 g/mol. The van der Waals surface area contributed by atoms with Gasteiger partial charge in [0.2, 0.25) is 0 Å². The van der Waals surface area contributed by atoms with E-state index in [1.54, 1.807) is 0 Å². The van der Waals surface area contributed by atoms with E-state index in [2.05, 4.69) is 26.0 Å². The molecule has 0 spiro atoms. The van der Waals surface area contributed by atoms with Gasteiger partial charge in [-0.3, -0.25) is 4.79 Å². The Morgan fingerprint density at radius 1 is 1.18 bits per heavy atom. The average Bonchev–Trinajstić information content (AvgIpc) is 2.39. The third-order valence-electron chi connectivity index (χ3n) is 3.59. The number of Topliss-reactive ketones (excluding diaryl/α,β-unsaturated/α-hetero) is 1. The fourth-order valence-electron chi connectivity index (χ4n) is 2.35. The maximum atomic E-state index is 12.7. The molecule has 1 unspecified atom stereocenters. The van der Waals surface area contributed by atoms with Crippen molar-refractivity contribution in [3.8, 4) is 0 Å². The van der Waals surface area contributed by atoms with Gasteiger partial charge in [0.1, 0.15) is 0 Å². The fraction of sp³-hybridized carbons (Fsp3) is 0.312. The first-order chi connectivity index (χ1) is 8.17. The number of hydrogen-bond donors (Lipinski definition) is 0. The number of benzene rings is 1. The predicted molar refractivity (Wildman–Crippen MR) is 70.9 cm³/mol. The Morgan fingerprint density at radius 2 is 1.88 bits per heavy atom. The van der Waals surface area contributed by atoms with E-state index in [1.165, 1.54) is 0 Å². The van der Waals surface area contributed by atoms with Crippen molar-refractivity contribution in [2.24, 2.45) is 11.3 Å². The lowest BCUT2D eigenvalue weighted by Crippen LogP contribution is -2.35. The molecule has 0 amide bonds. The molecule has 1 atom stereocenters.